The lowest BCUT2D eigenvalue weighted by atomic mass is 10.1. The molecule has 0 saturated heterocycles. The van der Waals surface area contributed by atoms with Crippen molar-refractivity contribution in [1.29, 1.82) is 0 Å². The van der Waals surface area contributed by atoms with Crippen molar-refractivity contribution < 1.29 is 10.2 Å². The molecule has 2 aromatic rings. The van der Waals surface area contributed by atoms with Crippen LogP contribution in [0.3, 0.4) is 0 Å². The molecule has 0 spiro atoms. The van der Waals surface area contributed by atoms with Crippen molar-refractivity contribution >= 4 is 11.6 Å². The van der Waals surface area contributed by atoms with E-state index in [0.717, 1.165) is 24.1 Å². The molecule has 5 heteroatoms. The van der Waals surface area contributed by atoms with Crippen LogP contribution >= 0.6 is 11.6 Å². The van der Waals surface area contributed by atoms with Crippen molar-refractivity contribution in [3.05, 3.63) is 35.1 Å². The third kappa shape index (κ3) is 1.78. The van der Waals surface area contributed by atoms with Crippen LogP contribution in [-0.2, 0) is 6.42 Å². The van der Waals surface area contributed by atoms with Crippen LogP contribution in [0, 0.1) is 0 Å². The number of aromatic nitrogens is 2. The van der Waals surface area contributed by atoms with Gasteiger partial charge in [-0.15, -0.1) is 0 Å². The number of rotatable bonds is 1. The van der Waals surface area contributed by atoms with Gasteiger partial charge in [0.2, 0.25) is 0 Å². The topological polar surface area (TPSA) is 58.3 Å². The number of nitrogens with zero attached hydrogens (tertiary/aromatic N) is 2. The number of halogens is 1. The van der Waals surface area contributed by atoms with Crippen molar-refractivity contribution in [2.75, 3.05) is 0 Å². The molecule has 18 heavy (non-hydrogen) atoms. The molecule has 1 aromatic heterocycles. The van der Waals surface area contributed by atoms with Gasteiger partial charge in [-0.1, -0.05) is 23.7 Å². The van der Waals surface area contributed by atoms with E-state index < -0.39 is 6.23 Å². The Morgan fingerprint density at radius 1 is 1.39 bits per heavy atom. The van der Waals surface area contributed by atoms with Crippen molar-refractivity contribution in [3.63, 3.8) is 0 Å². The van der Waals surface area contributed by atoms with E-state index in [0.29, 0.717) is 17.4 Å². The van der Waals surface area contributed by atoms with Crippen LogP contribution in [0.1, 0.15) is 24.8 Å². The summed E-state index contributed by atoms with van der Waals surface area (Å²) in [5, 5.41) is 20.0. The van der Waals surface area contributed by atoms with Crippen LogP contribution in [0.2, 0.25) is 5.15 Å². The molecule has 1 atom stereocenters. The maximum Gasteiger partial charge on any atom is 0.151 e. The highest BCUT2D eigenvalue weighted by Gasteiger charge is 2.25. The Morgan fingerprint density at radius 2 is 2.22 bits per heavy atom. The highest BCUT2D eigenvalue weighted by molar-refractivity contribution is 6.30. The number of hydrogen-bond donors (Lipinski definition) is 2. The number of imidazole rings is 1. The molecule has 0 aliphatic carbocycles. The summed E-state index contributed by atoms with van der Waals surface area (Å²) < 4.78 is 1.76. The van der Waals surface area contributed by atoms with E-state index in [1.807, 2.05) is 6.07 Å². The predicted octanol–water partition coefficient (Wildman–Crippen LogP) is 2.74. The molecule has 1 aromatic carbocycles. The number of benzene rings is 1. The molecule has 1 aliphatic heterocycles. The highest BCUT2D eigenvalue weighted by Crippen LogP contribution is 2.34. The van der Waals surface area contributed by atoms with Crippen LogP contribution in [0.15, 0.2) is 24.3 Å². The standard InChI is InChI=1S/C13H13ClN2O2/c14-12-10-5-2-6-11(18)16(10)13(15-12)8-3-1-4-9(17)7-8/h1,3-4,7,11,17-18H,2,5-6H2. The minimum atomic E-state index is -0.592. The number of hydrogen-bond acceptors (Lipinski definition) is 3. The maximum atomic E-state index is 10.1. The second kappa shape index (κ2) is 4.30. The molecular weight excluding hydrogens is 252 g/mol. The van der Waals surface area contributed by atoms with E-state index in [-0.39, 0.29) is 5.75 Å². The lowest BCUT2D eigenvalue weighted by Gasteiger charge is -2.23. The summed E-state index contributed by atoms with van der Waals surface area (Å²) in [5.74, 6) is 0.782. The van der Waals surface area contributed by atoms with E-state index in [1.165, 1.54) is 0 Å². The first-order chi connectivity index (χ1) is 8.66. The third-order valence-corrected chi connectivity index (χ3v) is 3.54. The zero-order chi connectivity index (χ0) is 12.7. The number of aliphatic hydroxyl groups is 1. The molecule has 2 N–H and O–H groups in total. The monoisotopic (exact) mass is 264 g/mol. The Kier molecular flexibility index (Phi) is 2.76. The SMILES string of the molecule is Oc1cccc(-c2nc(Cl)c3n2C(O)CCC3)c1. The van der Waals surface area contributed by atoms with E-state index in [9.17, 15) is 10.2 Å². The van der Waals surface area contributed by atoms with Gasteiger partial charge < -0.3 is 14.8 Å². The summed E-state index contributed by atoms with van der Waals surface area (Å²) in [4.78, 5) is 4.31. The molecule has 4 nitrogen and oxygen atoms in total. The van der Waals surface area contributed by atoms with Gasteiger partial charge in [-0.2, -0.15) is 0 Å². The Bertz CT molecular complexity index is 595. The van der Waals surface area contributed by atoms with Crippen molar-refractivity contribution in [1.82, 2.24) is 9.55 Å². The van der Waals surface area contributed by atoms with Crippen molar-refractivity contribution in [2.45, 2.75) is 25.5 Å². The van der Waals surface area contributed by atoms with Crippen LogP contribution < -0.4 is 0 Å². The molecular formula is C13H13ClN2O2. The number of aliphatic hydroxyl groups excluding tert-OH is 1. The number of phenolic OH excluding ortho intramolecular Hbond substituents is 1. The Labute approximate surface area is 109 Å². The van der Waals surface area contributed by atoms with Gasteiger partial charge in [0, 0.05) is 5.56 Å². The molecule has 2 heterocycles. The van der Waals surface area contributed by atoms with E-state index in [1.54, 1.807) is 22.8 Å². The van der Waals surface area contributed by atoms with Gasteiger partial charge in [-0.05, 0) is 31.4 Å². The molecule has 1 aliphatic rings. The van der Waals surface area contributed by atoms with Gasteiger partial charge in [0.1, 0.15) is 17.8 Å². The fourth-order valence-electron chi connectivity index (χ4n) is 2.41. The molecule has 3 rings (SSSR count). The fourth-order valence-corrected chi connectivity index (χ4v) is 2.68. The summed E-state index contributed by atoms with van der Waals surface area (Å²) >= 11 is 6.11. The average Bonchev–Trinajstić information content (AvgIpc) is 2.69. The number of aromatic hydroxyl groups is 1. The quantitative estimate of drug-likeness (QED) is 0.833. The third-order valence-electron chi connectivity index (χ3n) is 3.24. The minimum Gasteiger partial charge on any atom is -0.508 e. The van der Waals surface area contributed by atoms with Gasteiger partial charge >= 0.3 is 0 Å². The Balaban J connectivity index is 2.18. The first-order valence-electron chi connectivity index (χ1n) is 5.91. The van der Waals surface area contributed by atoms with E-state index in [2.05, 4.69) is 4.98 Å². The van der Waals surface area contributed by atoms with Gasteiger partial charge in [-0.3, -0.25) is 0 Å². The molecule has 94 valence electrons. The van der Waals surface area contributed by atoms with Crippen LogP contribution in [-0.4, -0.2) is 19.8 Å². The minimum absolute atomic E-state index is 0.172. The van der Waals surface area contributed by atoms with Crippen LogP contribution in [0.25, 0.3) is 11.4 Å². The summed E-state index contributed by atoms with van der Waals surface area (Å²) in [5.41, 5.74) is 1.62. The zero-order valence-corrected chi connectivity index (χ0v) is 10.4. The second-order valence-electron chi connectivity index (χ2n) is 4.47. The predicted molar refractivity (Wildman–Crippen MR) is 68.5 cm³/mol. The normalized spacial score (nSPS) is 18.7. The second-order valence-corrected chi connectivity index (χ2v) is 4.82. The van der Waals surface area contributed by atoms with E-state index in [4.69, 9.17) is 11.6 Å². The lowest BCUT2D eigenvalue weighted by Crippen LogP contribution is -2.17. The Morgan fingerprint density at radius 3 is 3.00 bits per heavy atom. The summed E-state index contributed by atoms with van der Waals surface area (Å²) in [6.07, 6.45) is 1.84. The molecule has 0 amide bonds. The molecule has 1 unspecified atom stereocenters. The fraction of sp³-hybridized carbons (Fsp3) is 0.308. The van der Waals surface area contributed by atoms with Crippen LogP contribution in [0.4, 0.5) is 0 Å². The maximum absolute atomic E-state index is 10.1. The lowest BCUT2D eigenvalue weighted by molar-refractivity contribution is 0.0807. The average molecular weight is 265 g/mol. The zero-order valence-electron chi connectivity index (χ0n) is 9.67. The molecule has 0 fully saturated rings. The molecule has 0 saturated carbocycles. The van der Waals surface area contributed by atoms with Gasteiger partial charge in [0.05, 0.1) is 5.69 Å². The van der Waals surface area contributed by atoms with Gasteiger partial charge in [-0.25, -0.2) is 4.98 Å². The summed E-state index contributed by atoms with van der Waals surface area (Å²) in [7, 11) is 0. The first-order valence-corrected chi connectivity index (χ1v) is 6.28. The highest BCUT2D eigenvalue weighted by atomic mass is 35.5. The Hall–Kier alpha value is -1.52. The van der Waals surface area contributed by atoms with E-state index >= 15 is 0 Å². The molecule has 0 bridgehead atoms. The summed E-state index contributed by atoms with van der Waals surface area (Å²) in [6, 6.07) is 6.80. The van der Waals surface area contributed by atoms with Gasteiger partial charge in [0.15, 0.2) is 5.15 Å². The smallest absolute Gasteiger partial charge is 0.151 e. The largest absolute Gasteiger partial charge is 0.508 e. The number of fused-ring (bicyclic) bond motifs is 1. The first kappa shape index (κ1) is 11.6. The van der Waals surface area contributed by atoms with Crippen LogP contribution in [0.5, 0.6) is 5.75 Å². The molecule has 0 radical (unpaired) electrons. The van der Waals surface area contributed by atoms with Crippen molar-refractivity contribution in [2.24, 2.45) is 0 Å². The summed E-state index contributed by atoms with van der Waals surface area (Å²) in [6.45, 7) is 0. The number of phenols is 1. The van der Waals surface area contributed by atoms with Gasteiger partial charge in [0.25, 0.3) is 0 Å². The van der Waals surface area contributed by atoms with Crippen molar-refractivity contribution in [3.8, 4) is 17.1 Å².